The summed E-state index contributed by atoms with van der Waals surface area (Å²) in [6.07, 6.45) is 0.466. The summed E-state index contributed by atoms with van der Waals surface area (Å²) in [6, 6.07) is 37.9. The van der Waals surface area contributed by atoms with E-state index in [0.717, 1.165) is 38.2 Å². The first-order valence-corrected chi connectivity index (χ1v) is 12.9. The lowest BCUT2D eigenvalue weighted by Gasteiger charge is -2.43. The molecule has 0 aliphatic heterocycles. The zero-order valence-electron chi connectivity index (χ0n) is 21.7. The molecule has 0 aliphatic rings. The summed E-state index contributed by atoms with van der Waals surface area (Å²) in [5.41, 5.74) is 1.34. The quantitative estimate of drug-likeness (QED) is 0.244. The van der Waals surface area contributed by atoms with Gasteiger partial charge in [0, 0.05) is 19.4 Å². The molecule has 5 rings (SSSR count). The van der Waals surface area contributed by atoms with Gasteiger partial charge in [-0.3, -0.25) is 4.79 Å². The van der Waals surface area contributed by atoms with Crippen molar-refractivity contribution < 1.29 is 14.7 Å². The molecule has 0 bridgehead atoms. The van der Waals surface area contributed by atoms with Crippen LogP contribution < -0.4 is 0 Å². The van der Waals surface area contributed by atoms with Crippen LogP contribution in [0.2, 0.25) is 0 Å². The molecule has 190 valence electrons. The smallest absolute Gasteiger partial charge is 0.330 e. The lowest BCUT2D eigenvalue weighted by molar-refractivity contribution is -0.160. The lowest BCUT2D eigenvalue weighted by atomic mass is 9.74. The molecule has 0 heterocycles. The number of hydrogen-bond donors (Lipinski definition) is 1. The average molecular weight is 502 g/mol. The molecule has 0 saturated heterocycles. The molecule has 38 heavy (non-hydrogen) atoms. The van der Waals surface area contributed by atoms with Gasteiger partial charge in [0.1, 0.15) is 5.54 Å². The van der Waals surface area contributed by atoms with Gasteiger partial charge >= 0.3 is 5.97 Å². The number of benzene rings is 5. The van der Waals surface area contributed by atoms with Crippen molar-refractivity contribution in [2.24, 2.45) is 0 Å². The van der Waals surface area contributed by atoms with E-state index in [1.54, 1.807) is 11.8 Å². The summed E-state index contributed by atoms with van der Waals surface area (Å²) < 4.78 is 0. The molecule has 0 aromatic heterocycles. The second kappa shape index (κ2) is 10.5. The fraction of sp³-hybridized carbons (Fsp3) is 0.176. The number of aliphatic carboxylic acids is 1. The number of carbonyl (C=O) groups excluding carboxylic acids is 1. The first-order valence-electron chi connectivity index (χ1n) is 12.9. The van der Waals surface area contributed by atoms with Crippen LogP contribution in [0.3, 0.4) is 0 Å². The number of carboxylic acid groups (broad SMARTS) is 1. The molecule has 4 nitrogen and oxygen atoms in total. The van der Waals surface area contributed by atoms with Crippen LogP contribution in [0, 0.1) is 0 Å². The Hall–Kier alpha value is -4.44. The zero-order chi connectivity index (χ0) is 26.7. The van der Waals surface area contributed by atoms with Crippen molar-refractivity contribution in [3.63, 3.8) is 0 Å². The van der Waals surface area contributed by atoms with E-state index in [2.05, 4.69) is 24.3 Å². The van der Waals surface area contributed by atoms with Crippen LogP contribution in [0.1, 0.15) is 36.5 Å². The predicted octanol–water partition coefficient (Wildman–Crippen LogP) is 7.21. The number of hydrogen-bond acceptors (Lipinski definition) is 2. The van der Waals surface area contributed by atoms with Gasteiger partial charge in [0.05, 0.1) is 0 Å². The van der Waals surface area contributed by atoms with Crippen molar-refractivity contribution >= 4 is 33.4 Å². The highest BCUT2D eigenvalue weighted by Gasteiger charge is 2.48. The molecule has 0 spiro atoms. The van der Waals surface area contributed by atoms with E-state index in [1.807, 2.05) is 91.0 Å². The largest absolute Gasteiger partial charge is 0.479 e. The molecule has 1 N–H and O–H groups in total. The number of nitrogens with zero attached hydrogens (tertiary/aromatic N) is 1. The summed E-state index contributed by atoms with van der Waals surface area (Å²) in [4.78, 5) is 28.1. The first-order chi connectivity index (χ1) is 18.4. The van der Waals surface area contributed by atoms with Crippen molar-refractivity contribution in [3.05, 3.63) is 132 Å². The summed E-state index contributed by atoms with van der Waals surface area (Å²) in [6.45, 7) is 3.36. The third-order valence-corrected chi connectivity index (χ3v) is 7.77. The summed E-state index contributed by atoms with van der Waals surface area (Å²) in [7, 11) is 0. The van der Waals surface area contributed by atoms with Crippen LogP contribution in [-0.2, 0) is 22.6 Å². The van der Waals surface area contributed by atoms with Gasteiger partial charge in [-0.1, -0.05) is 115 Å². The van der Waals surface area contributed by atoms with E-state index in [-0.39, 0.29) is 12.5 Å². The molecule has 0 saturated carbocycles. The molecule has 0 fully saturated rings. The van der Waals surface area contributed by atoms with Crippen molar-refractivity contribution in [1.29, 1.82) is 0 Å². The highest BCUT2D eigenvalue weighted by molar-refractivity contribution is 5.90. The molecule has 5 aromatic rings. The maximum absolute atomic E-state index is 13.3. The van der Waals surface area contributed by atoms with Gasteiger partial charge in [-0.2, -0.15) is 0 Å². The number of rotatable bonds is 8. The molecule has 4 heteroatoms. The van der Waals surface area contributed by atoms with Crippen molar-refractivity contribution in [2.75, 3.05) is 0 Å². The fourth-order valence-corrected chi connectivity index (χ4v) is 5.67. The van der Waals surface area contributed by atoms with Crippen molar-refractivity contribution in [3.8, 4) is 0 Å². The van der Waals surface area contributed by atoms with Gasteiger partial charge in [-0.05, 0) is 51.6 Å². The highest BCUT2D eigenvalue weighted by atomic mass is 16.4. The lowest BCUT2D eigenvalue weighted by Crippen LogP contribution is -2.58. The van der Waals surface area contributed by atoms with Gasteiger partial charge in [-0.25, -0.2) is 4.79 Å². The Morgan fingerprint density at radius 2 is 1.21 bits per heavy atom. The Morgan fingerprint density at radius 3 is 1.79 bits per heavy atom. The van der Waals surface area contributed by atoms with E-state index < -0.39 is 17.4 Å². The Kier molecular flexibility index (Phi) is 6.97. The molecule has 0 radical (unpaired) electrons. The topological polar surface area (TPSA) is 57.6 Å². The van der Waals surface area contributed by atoms with E-state index in [0.29, 0.717) is 6.42 Å². The molecule has 2 atom stereocenters. The first kappa shape index (κ1) is 25.2. The van der Waals surface area contributed by atoms with E-state index in [4.69, 9.17) is 0 Å². The monoisotopic (exact) mass is 501 g/mol. The fourth-order valence-electron chi connectivity index (χ4n) is 5.67. The van der Waals surface area contributed by atoms with E-state index in [9.17, 15) is 14.7 Å². The Morgan fingerprint density at radius 1 is 0.711 bits per heavy atom. The van der Waals surface area contributed by atoms with Gasteiger partial charge < -0.3 is 10.0 Å². The van der Waals surface area contributed by atoms with Gasteiger partial charge in [0.2, 0.25) is 5.91 Å². The summed E-state index contributed by atoms with van der Waals surface area (Å²) in [5.74, 6) is -1.80. The summed E-state index contributed by atoms with van der Waals surface area (Å²) >= 11 is 0. The highest BCUT2D eigenvalue weighted by Crippen LogP contribution is 2.39. The zero-order valence-corrected chi connectivity index (χ0v) is 21.7. The van der Waals surface area contributed by atoms with E-state index >= 15 is 0 Å². The van der Waals surface area contributed by atoms with Gasteiger partial charge in [-0.15, -0.1) is 0 Å². The maximum atomic E-state index is 13.3. The molecule has 1 amide bonds. The SMILES string of the molecule is CC(=O)N(Cc1cccc2ccccc12)C(C)(C(=O)O)C(Cc1cccc2ccccc12)c1ccccc1. The third-order valence-electron chi connectivity index (χ3n) is 7.77. The second-order valence-electron chi connectivity index (χ2n) is 10.0. The van der Waals surface area contributed by atoms with Crippen molar-refractivity contribution in [2.45, 2.75) is 38.3 Å². The van der Waals surface area contributed by atoms with Crippen molar-refractivity contribution in [1.82, 2.24) is 4.90 Å². The predicted molar refractivity (Wildman–Crippen MR) is 153 cm³/mol. The normalized spacial score (nSPS) is 13.6. The molecular weight excluding hydrogens is 470 g/mol. The number of carboxylic acids is 1. The number of fused-ring (bicyclic) bond motifs is 2. The molecule has 0 aliphatic carbocycles. The third kappa shape index (κ3) is 4.66. The van der Waals surface area contributed by atoms with Gasteiger partial charge in [0.25, 0.3) is 0 Å². The minimum Gasteiger partial charge on any atom is -0.479 e. The summed E-state index contributed by atoms with van der Waals surface area (Å²) in [5, 5.41) is 15.1. The minimum atomic E-state index is -1.51. The Bertz CT molecular complexity index is 1600. The Labute approximate surface area is 223 Å². The standard InChI is InChI=1S/C34H31NO3/c1-24(36)35(23-29-19-11-17-26-13-7-9-21-31(26)29)34(2,33(37)38)32(27-14-4-3-5-15-27)22-28-18-10-16-25-12-6-8-20-30(25)28/h3-21,32H,22-23H2,1-2H3,(H,37,38). The molecular formula is C34H31NO3. The average Bonchev–Trinajstić information content (AvgIpc) is 2.94. The van der Waals surface area contributed by atoms with Gasteiger partial charge in [0.15, 0.2) is 0 Å². The van der Waals surface area contributed by atoms with Crippen LogP contribution in [-0.4, -0.2) is 27.4 Å². The Balaban J connectivity index is 1.66. The minimum absolute atomic E-state index is 0.193. The van der Waals surface area contributed by atoms with Crippen LogP contribution in [0.4, 0.5) is 0 Å². The number of carbonyl (C=O) groups is 2. The molecule has 5 aromatic carbocycles. The van der Waals surface area contributed by atoms with Crippen LogP contribution in [0.15, 0.2) is 115 Å². The number of amides is 1. The van der Waals surface area contributed by atoms with Crippen LogP contribution in [0.5, 0.6) is 0 Å². The van der Waals surface area contributed by atoms with Crippen LogP contribution >= 0.6 is 0 Å². The van der Waals surface area contributed by atoms with Crippen LogP contribution in [0.25, 0.3) is 21.5 Å². The van der Waals surface area contributed by atoms with E-state index in [1.165, 1.54) is 6.92 Å². The second-order valence-corrected chi connectivity index (χ2v) is 10.0. The maximum Gasteiger partial charge on any atom is 0.330 e. The molecule has 2 unspecified atom stereocenters.